The van der Waals surface area contributed by atoms with Crippen molar-refractivity contribution in [3.63, 3.8) is 0 Å². The molecule has 0 amide bonds. The molecule has 2 aromatic heterocycles. The van der Waals surface area contributed by atoms with Crippen LogP contribution >= 0.6 is 0 Å². The van der Waals surface area contributed by atoms with Crippen LogP contribution in [0, 0.1) is 6.92 Å². The number of fused-ring (bicyclic) bond motifs is 1. The number of pyridine rings is 1. The molecule has 3 rings (SSSR count). The van der Waals surface area contributed by atoms with Gasteiger partial charge in [-0.05, 0) is 24.6 Å². The van der Waals surface area contributed by atoms with E-state index in [1.54, 1.807) is 6.33 Å². The third-order valence-corrected chi connectivity index (χ3v) is 3.58. The number of nitrogens with zero attached hydrogens (tertiary/aromatic N) is 4. The first kappa shape index (κ1) is 13.7. The summed E-state index contributed by atoms with van der Waals surface area (Å²) in [5.41, 5.74) is 3.40. The third-order valence-electron chi connectivity index (χ3n) is 3.58. The minimum absolute atomic E-state index is 0.835. The summed E-state index contributed by atoms with van der Waals surface area (Å²) < 4.78 is 1.95. The zero-order valence-corrected chi connectivity index (χ0v) is 12.4. The Bertz CT molecular complexity index is 747. The molecule has 0 aliphatic heterocycles. The molecule has 2 heterocycles. The molecule has 5 heteroatoms. The fourth-order valence-electron chi connectivity index (χ4n) is 2.50. The predicted molar refractivity (Wildman–Crippen MR) is 82.9 cm³/mol. The predicted octanol–water partition coefficient (Wildman–Crippen LogP) is 2.00. The Hall–Kier alpha value is -2.27. The van der Waals surface area contributed by atoms with Gasteiger partial charge in [-0.2, -0.15) is 0 Å². The summed E-state index contributed by atoms with van der Waals surface area (Å²) in [6, 6.07) is 10.4. The van der Waals surface area contributed by atoms with E-state index in [9.17, 15) is 0 Å². The van der Waals surface area contributed by atoms with Crippen LogP contribution in [0.3, 0.4) is 0 Å². The molecule has 1 N–H and O–H groups in total. The second-order valence-electron chi connectivity index (χ2n) is 5.22. The number of benzene rings is 1. The van der Waals surface area contributed by atoms with Crippen molar-refractivity contribution in [3.8, 4) is 0 Å². The average molecular weight is 281 g/mol. The van der Waals surface area contributed by atoms with E-state index in [1.807, 2.05) is 24.6 Å². The van der Waals surface area contributed by atoms with Crippen molar-refractivity contribution in [2.24, 2.45) is 7.05 Å². The molecule has 5 nitrogen and oxygen atoms in total. The molecule has 0 atom stereocenters. The molecule has 0 aliphatic carbocycles. The van der Waals surface area contributed by atoms with Crippen LogP contribution in [-0.4, -0.2) is 26.3 Å². The van der Waals surface area contributed by atoms with Gasteiger partial charge >= 0.3 is 0 Å². The first-order valence-electron chi connectivity index (χ1n) is 7.13. The van der Waals surface area contributed by atoms with Crippen molar-refractivity contribution in [1.82, 2.24) is 25.1 Å². The minimum atomic E-state index is 0.835. The van der Waals surface area contributed by atoms with Gasteiger partial charge in [-0.15, -0.1) is 10.2 Å². The standard InChI is InChI=1S/C16H19N5/c1-12-9-13(14-5-3-4-6-15(14)19-12)10-17-8-7-16-20-18-11-21(16)2/h3-6,9,11,17H,7-8,10H2,1-2H3. The Labute approximate surface area is 124 Å². The lowest BCUT2D eigenvalue weighted by Gasteiger charge is -2.09. The van der Waals surface area contributed by atoms with Gasteiger partial charge in [0.15, 0.2) is 0 Å². The molecule has 0 aliphatic rings. The van der Waals surface area contributed by atoms with Gasteiger partial charge in [-0.25, -0.2) is 0 Å². The van der Waals surface area contributed by atoms with E-state index in [0.29, 0.717) is 0 Å². The van der Waals surface area contributed by atoms with E-state index in [2.05, 4.69) is 44.8 Å². The van der Waals surface area contributed by atoms with Gasteiger partial charge in [0.1, 0.15) is 12.2 Å². The lowest BCUT2D eigenvalue weighted by Crippen LogP contribution is -2.18. The Kier molecular flexibility index (Phi) is 3.92. The minimum Gasteiger partial charge on any atom is -0.321 e. The number of nitrogens with one attached hydrogen (secondary N) is 1. The van der Waals surface area contributed by atoms with Gasteiger partial charge in [0, 0.05) is 37.6 Å². The van der Waals surface area contributed by atoms with Crippen molar-refractivity contribution in [2.75, 3.05) is 6.54 Å². The zero-order chi connectivity index (χ0) is 14.7. The molecule has 0 bridgehead atoms. The number of aromatic nitrogens is 4. The number of hydrogen-bond acceptors (Lipinski definition) is 4. The second-order valence-corrected chi connectivity index (χ2v) is 5.22. The van der Waals surface area contributed by atoms with Crippen LogP contribution in [-0.2, 0) is 20.0 Å². The van der Waals surface area contributed by atoms with E-state index in [4.69, 9.17) is 0 Å². The van der Waals surface area contributed by atoms with Crippen molar-refractivity contribution < 1.29 is 0 Å². The summed E-state index contributed by atoms with van der Waals surface area (Å²) in [6.45, 7) is 3.75. The number of hydrogen-bond donors (Lipinski definition) is 1. The van der Waals surface area contributed by atoms with Crippen molar-refractivity contribution in [2.45, 2.75) is 19.9 Å². The maximum Gasteiger partial charge on any atom is 0.133 e. The van der Waals surface area contributed by atoms with Gasteiger partial charge in [0.2, 0.25) is 0 Å². The third kappa shape index (κ3) is 3.08. The first-order valence-corrected chi connectivity index (χ1v) is 7.13. The van der Waals surface area contributed by atoms with E-state index >= 15 is 0 Å². The van der Waals surface area contributed by atoms with Crippen LogP contribution in [0.1, 0.15) is 17.1 Å². The average Bonchev–Trinajstić information content (AvgIpc) is 2.88. The maximum absolute atomic E-state index is 4.57. The molecule has 0 spiro atoms. The Morgan fingerprint density at radius 1 is 1.24 bits per heavy atom. The second kappa shape index (κ2) is 6.01. The van der Waals surface area contributed by atoms with Crippen LogP contribution in [0.4, 0.5) is 0 Å². The quantitative estimate of drug-likeness (QED) is 0.727. The first-order chi connectivity index (χ1) is 10.2. The van der Waals surface area contributed by atoms with E-state index in [-0.39, 0.29) is 0 Å². The van der Waals surface area contributed by atoms with Crippen molar-refractivity contribution >= 4 is 10.9 Å². The largest absolute Gasteiger partial charge is 0.321 e. The molecule has 1 aromatic carbocycles. The molecular formula is C16H19N5. The van der Waals surface area contributed by atoms with Crippen LogP contribution in [0.25, 0.3) is 10.9 Å². The van der Waals surface area contributed by atoms with Gasteiger partial charge in [0.25, 0.3) is 0 Å². The summed E-state index contributed by atoms with van der Waals surface area (Å²) in [5, 5.41) is 12.7. The zero-order valence-electron chi connectivity index (χ0n) is 12.4. The monoisotopic (exact) mass is 281 g/mol. The summed E-state index contributed by atoms with van der Waals surface area (Å²) >= 11 is 0. The SMILES string of the molecule is Cc1cc(CNCCc2nncn2C)c2ccccc2n1. The summed E-state index contributed by atoms with van der Waals surface area (Å²) in [6.07, 6.45) is 2.60. The van der Waals surface area contributed by atoms with Crippen molar-refractivity contribution in [3.05, 3.63) is 53.7 Å². The molecule has 0 saturated heterocycles. The van der Waals surface area contributed by atoms with Crippen LogP contribution in [0.2, 0.25) is 0 Å². The van der Waals surface area contributed by atoms with Crippen LogP contribution < -0.4 is 5.32 Å². The summed E-state index contributed by atoms with van der Waals surface area (Å²) in [4.78, 5) is 4.57. The maximum atomic E-state index is 4.57. The smallest absolute Gasteiger partial charge is 0.133 e. The molecule has 3 aromatic rings. The molecule has 0 radical (unpaired) electrons. The van der Waals surface area contributed by atoms with E-state index in [1.165, 1.54) is 10.9 Å². The Balaban J connectivity index is 1.67. The highest BCUT2D eigenvalue weighted by atomic mass is 15.2. The number of aryl methyl sites for hydroxylation is 2. The number of para-hydroxylation sites is 1. The lowest BCUT2D eigenvalue weighted by atomic mass is 10.1. The Morgan fingerprint density at radius 3 is 2.90 bits per heavy atom. The van der Waals surface area contributed by atoms with Gasteiger partial charge < -0.3 is 9.88 Å². The fraction of sp³-hybridized carbons (Fsp3) is 0.312. The molecule has 0 saturated carbocycles. The molecular weight excluding hydrogens is 262 g/mol. The van der Waals surface area contributed by atoms with Crippen LogP contribution in [0.5, 0.6) is 0 Å². The van der Waals surface area contributed by atoms with Gasteiger partial charge in [0.05, 0.1) is 5.52 Å². The van der Waals surface area contributed by atoms with Crippen LogP contribution in [0.15, 0.2) is 36.7 Å². The molecule has 0 unspecified atom stereocenters. The molecule has 0 fully saturated rings. The fourth-order valence-corrected chi connectivity index (χ4v) is 2.50. The summed E-state index contributed by atoms with van der Waals surface area (Å²) in [7, 11) is 1.97. The normalized spacial score (nSPS) is 11.1. The highest BCUT2D eigenvalue weighted by Gasteiger charge is 2.04. The van der Waals surface area contributed by atoms with E-state index in [0.717, 1.165) is 36.5 Å². The molecule has 108 valence electrons. The molecule has 21 heavy (non-hydrogen) atoms. The topological polar surface area (TPSA) is 55.6 Å². The Morgan fingerprint density at radius 2 is 2.10 bits per heavy atom. The summed E-state index contributed by atoms with van der Waals surface area (Å²) in [5.74, 6) is 0.998. The number of rotatable bonds is 5. The van der Waals surface area contributed by atoms with Gasteiger partial charge in [-0.1, -0.05) is 18.2 Å². The highest BCUT2D eigenvalue weighted by molar-refractivity contribution is 5.82. The van der Waals surface area contributed by atoms with E-state index < -0.39 is 0 Å². The highest BCUT2D eigenvalue weighted by Crippen LogP contribution is 2.17. The lowest BCUT2D eigenvalue weighted by molar-refractivity contribution is 0.655. The van der Waals surface area contributed by atoms with Gasteiger partial charge in [-0.3, -0.25) is 4.98 Å². The van der Waals surface area contributed by atoms with Crippen molar-refractivity contribution in [1.29, 1.82) is 0 Å².